The van der Waals surface area contributed by atoms with E-state index in [1.807, 2.05) is 13.8 Å². The van der Waals surface area contributed by atoms with Crippen molar-refractivity contribution in [3.63, 3.8) is 0 Å². The predicted molar refractivity (Wildman–Crippen MR) is 115 cm³/mol. The molecule has 1 aromatic rings. The number of phenols is 1. The second-order valence-electron chi connectivity index (χ2n) is 7.33. The molecule has 31 heavy (non-hydrogen) atoms. The summed E-state index contributed by atoms with van der Waals surface area (Å²) in [6, 6.07) is 4.32. The Morgan fingerprint density at radius 1 is 1.26 bits per heavy atom. The predicted octanol–water partition coefficient (Wildman–Crippen LogP) is 4.50. The number of benzene rings is 1. The van der Waals surface area contributed by atoms with Gasteiger partial charge < -0.3 is 28.9 Å². The first-order chi connectivity index (χ1) is 14.2. The van der Waals surface area contributed by atoms with Gasteiger partial charge in [-0.05, 0) is 19.1 Å². The van der Waals surface area contributed by atoms with E-state index in [0.29, 0.717) is 23.3 Å². The van der Waals surface area contributed by atoms with Crippen molar-refractivity contribution in [1.29, 1.82) is 0 Å². The smallest absolute Gasteiger partial charge is 0.551 e. The third kappa shape index (κ3) is 8.38. The van der Waals surface area contributed by atoms with Gasteiger partial charge in [0, 0.05) is 26.1 Å². The quantitative estimate of drug-likeness (QED) is 0.360. The number of allylic oxidation sites excluding steroid dienone is 1. The molecular weight excluding hydrogens is 435 g/mol. The zero-order valence-corrected chi connectivity index (χ0v) is 21.0. The van der Waals surface area contributed by atoms with Crippen molar-refractivity contribution in [2.24, 2.45) is 5.92 Å². The number of carbonyl (C=O) groups excluding carboxylic acids is 2. The molecule has 0 aliphatic heterocycles. The van der Waals surface area contributed by atoms with Crippen LogP contribution in [0.15, 0.2) is 17.4 Å². The van der Waals surface area contributed by atoms with E-state index in [1.54, 1.807) is 34.3 Å². The number of ether oxygens (including phenoxy) is 3. The minimum atomic E-state index is -0.601. The number of unbranched alkanes of at least 4 members (excludes halogenated alkanes) is 1. The minimum Gasteiger partial charge on any atom is -0.551 e. The number of hydrogen-bond acceptors (Lipinski definition) is 6. The molecule has 0 heterocycles. The summed E-state index contributed by atoms with van der Waals surface area (Å²) in [6.07, 6.45) is 3.61. The fraction of sp³-hybridized carbons (Fsp3) is 0.542. The standard InChI is InChI=1S/C19H22O5.C5H12O.V/c1-6-23-18-12(4)9-16(13(5)17(18)21)24-19(22)14-7-11(3)15(20)8-10(14)2;1-3-4-5-6-2;/h8-9,12,18,20H,6H2,1-5H3;3-5H2,1-2H3;/q-2;;+2. The Kier molecular flexibility index (Phi) is 13.6. The number of methoxy groups -OCH3 is 1. The van der Waals surface area contributed by atoms with Gasteiger partial charge in [0.2, 0.25) is 0 Å². The number of hydrogen-bond donors (Lipinski definition) is 1. The van der Waals surface area contributed by atoms with Gasteiger partial charge in [0.1, 0.15) is 5.78 Å². The Balaban J connectivity index is 0.00000113. The van der Waals surface area contributed by atoms with Crippen LogP contribution in [0.5, 0.6) is 5.75 Å². The first-order valence-corrected chi connectivity index (χ1v) is 10.3. The first kappa shape index (κ1) is 29.3. The van der Waals surface area contributed by atoms with E-state index in [1.165, 1.54) is 18.9 Å². The van der Waals surface area contributed by atoms with E-state index in [2.05, 4.69) is 13.0 Å². The van der Waals surface area contributed by atoms with Crippen LogP contribution in [0.25, 0.3) is 0 Å². The molecule has 2 atom stereocenters. The molecule has 0 saturated carbocycles. The number of rotatable bonds is 7. The first-order valence-electron chi connectivity index (χ1n) is 10.3. The summed E-state index contributed by atoms with van der Waals surface area (Å²) >= 11 is 0. The van der Waals surface area contributed by atoms with Crippen LogP contribution in [-0.4, -0.2) is 43.3 Å². The monoisotopic (exact) mass is 469 g/mol. The number of ketones is 1. The van der Waals surface area contributed by atoms with E-state index in [-0.39, 0.29) is 47.3 Å². The number of Topliss-reactive ketones (excluding diaryl/α,β-unsaturated/α-hetero) is 1. The van der Waals surface area contributed by atoms with Crippen LogP contribution >= 0.6 is 0 Å². The molecule has 0 aromatic heterocycles. The van der Waals surface area contributed by atoms with Crippen LogP contribution in [0.2, 0.25) is 0 Å². The van der Waals surface area contributed by atoms with Crippen molar-refractivity contribution in [3.05, 3.63) is 46.6 Å². The Morgan fingerprint density at radius 3 is 2.42 bits per heavy atom. The summed E-state index contributed by atoms with van der Waals surface area (Å²) in [4.78, 5) is 24.8. The molecule has 0 bridgehead atoms. The summed E-state index contributed by atoms with van der Waals surface area (Å²) in [6.45, 7) is 12.2. The van der Waals surface area contributed by atoms with Crippen LogP contribution in [0.3, 0.4) is 0 Å². The largest absolute Gasteiger partial charge is 2.00 e. The zero-order valence-electron chi connectivity index (χ0n) is 19.6. The summed E-state index contributed by atoms with van der Waals surface area (Å²) in [5, 5.41) is 9.66. The normalized spacial score (nSPS) is 17.8. The Morgan fingerprint density at radius 2 is 1.90 bits per heavy atom. The molecule has 0 amide bonds. The van der Waals surface area contributed by atoms with Crippen molar-refractivity contribution < 1.29 is 47.5 Å². The van der Waals surface area contributed by atoms with E-state index < -0.39 is 12.1 Å². The molecule has 1 radical (unpaired) electrons. The van der Waals surface area contributed by atoms with E-state index in [0.717, 1.165) is 6.61 Å². The van der Waals surface area contributed by atoms with Gasteiger partial charge in [-0.2, -0.15) is 6.42 Å². The molecule has 0 saturated heterocycles. The third-order valence-electron chi connectivity index (χ3n) is 4.79. The van der Waals surface area contributed by atoms with E-state index >= 15 is 0 Å². The van der Waals surface area contributed by atoms with Crippen LogP contribution in [0.4, 0.5) is 0 Å². The van der Waals surface area contributed by atoms with Crippen molar-refractivity contribution in [1.82, 2.24) is 0 Å². The molecule has 0 spiro atoms. The molecule has 0 fully saturated rings. The third-order valence-corrected chi connectivity index (χ3v) is 4.79. The zero-order chi connectivity index (χ0) is 22.8. The van der Waals surface area contributed by atoms with Gasteiger partial charge in [-0.1, -0.05) is 51.2 Å². The van der Waals surface area contributed by atoms with Crippen LogP contribution in [0.1, 0.15) is 62.0 Å². The average Bonchev–Trinajstić information content (AvgIpc) is 2.70. The molecule has 7 heteroatoms. The van der Waals surface area contributed by atoms with Crippen molar-refractivity contribution in [2.75, 3.05) is 20.3 Å². The van der Waals surface area contributed by atoms with Gasteiger partial charge in [0.05, 0.1) is 6.10 Å². The molecule has 1 aliphatic carbocycles. The van der Waals surface area contributed by atoms with E-state index in [9.17, 15) is 14.7 Å². The van der Waals surface area contributed by atoms with Gasteiger partial charge in [-0.3, -0.25) is 0 Å². The van der Waals surface area contributed by atoms with Gasteiger partial charge in [0.15, 0.2) is 0 Å². The maximum atomic E-state index is 12.4. The minimum absolute atomic E-state index is 0. The maximum Gasteiger partial charge on any atom is 2.00 e. The number of esters is 1. The van der Waals surface area contributed by atoms with Crippen LogP contribution in [0, 0.1) is 32.3 Å². The molecule has 1 N–H and O–H groups in total. The van der Waals surface area contributed by atoms with Crippen LogP contribution in [-0.2, 0) is 37.6 Å². The Labute approximate surface area is 198 Å². The molecule has 171 valence electrons. The summed E-state index contributed by atoms with van der Waals surface area (Å²) in [5.41, 5.74) is 1.63. The summed E-state index contributed by atoms with van der Waals surface area (Å²) in [7, 11) is 1.73. The van der Waals surface area contributed by atoms with Crippen molar-refractivity contribution in [2.45, 2.75) is 60.5 Å². The summed E-state index contributed by atoms with van der Waals surface area (Å²) < 4.78 is 15.7. The summed E-state index contributed by atoms with van der Waals surface area (Å²) in [5.74, 6) is -0.622. The molecule has 2 unspecified atom stereocenters. The second kappa shape index (κ2) is 14.4. The van der Waals surface area contributed by atoms with Gasteiger partial charge in [-0.25, -0.2) is 0 Å². The topological polar surface area (TPSA) is 82.1 Å². The Hall–Kier alpha value is -1.73. The Bertz CT molecular complexity index is 768. The molecule has 1 aliphatic rings. The number of aromatic hydroxyl groups is 1. The number of phenolic OH excluding ortho intramolecular Hbond substituents is 1. The van der Waals surface area contributed by atoms with Gasteiger partial charge >= 0.3 is 18.6 Å². The van der Waals surface area contributed by atoms with Gasteiger partial charge in [-0.15, -0.1) is 30.2 Å². The fourth-order valence-corrected chi connectivity index (χ4v) is 2.93. The number of aryl methyl sites for hydroxylation is 2. The van der Waals surface area contributed by atoms with Gasteiger partial charge in [0.25, 0.3) is 5.97 Å². The molecular formula is C24H34O6V. The van der Waals surface area contributed by atoms with Crippen molar-refractivity contribution in [3.8, 4) is 5.75 Å². The van der Waals surface area contributed by atoms with Crippen LogP contribution < -0.4 is 0 Å². The molecule has 2 rings (SSSR count). The SMILES string of the molecule is CCCCOC.CCOC1C(=O)C(C)=C(OC(=O)c2[c-]c(C)c(O)cc2C)[CH-]C1C.[V+2]. The molecule has 1 aromatic carbocycles. The van der Waals surface area contributed by atoms with Crippen molar-refractivity contribution >= 4 is 11.8 Å². The fourth-order valence-electron chi connectivity index (χ4n) is 2.93. The second-order valence-corrected chi connectivity index (χ2v) is 7.33. The number of carbonyl (C=O) groups is 2. The maximum absolute atomic E-state index is 12.4. The van der Waals surface area contributed by atoms with E-state index in [4.69, 9.17) is 14.2 Å². The average molecular weight is 469 g/mol. The molecule has 6 nitrogen and oxygen atoms in total.